The van der Waals surface area contributed by atoms with Gasteiger partial charge in [0.05, 0.1) is 11.6 Å². The number of fused-ring (bicyclic) bond motifs is 2. The summed E-state index contributed by atoms with van der Waals surface area (Å²) in [7, 11) is 1.72. The lowest BCUT2D eigenvalue weighted by atomic mass is 10.00. The second-order valence-corrected chi connectivity index (χ2v) is 7.69. The number of anilines is 1. The summed E-state index contributed by atoms with van der Waals surface area (Å²) in [5.41, 5.74) is 9.38. The molecule has 5 rings (SSSR count). The molecular formula is C23H23N5O2. The van der Waals surface area contributed by atoms with Crippen molar-refractivity contribution in [3.63, 3.8) is 0 Å². The van der Waals surface area contributed by atoms with Gasteiger partial charge in [-0.1, -0.05) is 18.2 Å². The molecule has 0 saturated carbocycles. The highest BCUT2D eigenvalue weighted by molar-refractivity contribution is 6.06. The molecule has 1 amide bonds. The number of ether oxygens (including phenoxy) is 1. The van der Waals surface area contributed by atoms with E-state index in [0.29, 0.717) is 24.6 Å². The SMILES string of the molecule is COC1CCN(C(=O)c2n[nH]c3ccc(-c4ccc5ccnc(N)c5c4)cc23)CC1. The van der Waals surface area contributed by atoms with E-state index >= 15 is 0 Å². The van der Waals surface area contributed by atoms with Gasteiger partial charge in [-0.3, -0.25) is 9.89 Å². The number of nitrogens with two attached hydrogens (primary N) is 1. The third kappa shape index (κ3) is 3.17. The van der Waals surface area contributed by atoms with Crippen molar-refractivity contribution in [2.75, 3.05) is 25.9 Å². The van der Waals surface area contributed by atoms with E-state index in [1.807, 2.05) is 41.3 Å². The van der Waals surface area contributed by atoms with Crippen molar-refractivity contribution in [1.82, 2.24) is 20.1 Å². The van der Waals surface area contributed by atoms with Crippen LogP contribution in [-0.2, 0) is 4.74 Å². The molecule has 3 N–H and O–H groups in total. The van der Waals surface area contributed by atoms with Crippen LogP contribution in [0.2, 0.25) is 0 Å². The Morgan fingerprint density at radius 1 is 1.10 bits per heavy atom. The zero-order valence-electron chi connectivity index (χ0n) is 16.8. The Morgan fingerprint density at radius 2 is 1.83 bits per heavy atom. The second-order valence-electron chi connectivity index (χ2n) is 7.69. The minimum atomic E-state index is -0.0418. The number of benzene rings is 2. The molecule has 0 radical (unpaired) electrons. The van der Waals surface area contributed by atoms with Gasteiger partial charge < -0.3 is 15.4 Å². The number of piperidine rings is 1. The van der Waals surface area contributed by atoms with E-state index in [4.69, 9.17) is 10.5 Å². The summed E-state index contributed by atoms with van der Waals surface area (Å²) < 4.78 is 5.41. The molecule has 0 bridgehead atoms. The van der Waals surface area contributed by atoms with E-state index in [0.717, 1.165) is 45.6 Å². The number of carbonyl (C=O) groups is 1. The number of aromatic amines is 1. The number of pyridine rings is 1. The van der Waals surface area contributed by atoms with Crippen molar-refractivity contribution in [3.8, 4) is 11.1 Å². The fraction of sp³-hybridized carbons (Fsp3) is 0.261. The quantitative estimate of drug-likeness (QED) is 0.547. The molecule has 0 spiro atoms. The lowest BCUT2D eigenvalue weighted by molar-refractivity contribution is 0.0348. The number of amides is 1. The number of H-pyrrole nitrogens is 1. The molecule has 1 fully saturated rings. The van der Waals surface area contributed by atoms with Crippen molar-refractivity contribution < 1.29 is 9.53 Å². The maximum atomic E-state index is 13.1. The fourth-order valence-corrected chi connectivity index (χ4v) is 4.17. The van der Waals surface area contributed by atoms with Gasteiger partial charge in [-0.05, 0) is 53.6 Å². The van der Waals surface area contributed by atoms with Gasteiger partial charge in [0.15, 0.2) is 5.69 Å². The number of nitrogens with one attached hydrogen (secondary N) is 1. The van der Waals surface area contributed by atoms with Crippen LogP contribution < -0.4 is 5.73 Å². The average molecular weight is 401 g/mol. The Hall–Kier alpha value is -3.45. The van der Waals surface area contributed by atoms with Gasteiger partial charge in [-0.25, -0.2) is 4.98 Å². The average Bonchev–Trinajstić information content (AvgIpc) is 3.22. The lowest BCUT2D eigenvalue weighted by Crippen LogP contribution is -2.40. The first-order valence-corrected chi connectivity index (χ1v) is 10.1. The zero-order chi connectivity index (χ0) is 20.7. The minimum absolute atomic E-state index is 0.0418. The molecule has 3 heterocycles. The monoisotopic (exact) mass is 401 g/mol. The molecule has 4 aromatic rings. The highest BCUT2D eigenvalue weighted by Gasteiger charge is 2.26. The van der Waals surface area contributed by atoms with Gasteiger partial charge in [-0.2, -0.15) is 5.10 Å². The van der Waals surface area contributed by atoms with Crippen molar-refractivity contribution in [1.29, 1.82) is 0 Å². The highest BCUT2D eigenvalue weighted by atomic mass is 16.5. The number of carbonyl (C=O) groups excluding carboxylic acids is 1. The molecule has 0 atom stereocenters. The van der Waals surface area contributed by atoms with Gasteiger partial charge in [-0.15, -0.1) is 0 Å². The van der Waals surface area contributed by atoms with Gasteiger partial charge in [0.2, 0.25) is 0 Å². The Bertz CT molecular complexity index is 1240. The number of likely N-dealkylation sites (tertiary alicyclic amines) is 1. The molecule has 30 heavy (non-hydrogen) atoms. The molecule has 0 aliphatic carbocycles. The van der Waals surface area contributed by atoms with Crippen LogP contribution in [0, 0.1) is 0 Å². The lowest BCUT2D eigenvalue weighted by Gasteiger charge is -2.30. The Morgan fingerprint density at radius 3 is 2.60 bits per heavy atom. The molecule has 1 aliphatic heterocycles. The van der Waals surface area contributed by atoms with Crippen molar-refractivity contribution in [2.24, 2.45) is 0 Å². The maximum Gasteiger partial charge on any atom is 0.274 e. The molecule has 0 unspecified atom stereocenters. The summed E-state index contributed by atoms with van der Waals surface area (Å²) in [4.78, 5) is 19.2. The summed E-state index contributed by atoms with van der Waals surface area (Å²) in [6.45, 7) is 1.37. The van der Waals surface area contributed by atoms with Gasteiger partial charge in [0.1, 0.15) is 5.82 Å². The number of rotatable bonds is 3. The van der Waals surface area contributed by atoms with E-state index in [1.165, 1.54) is 0 Å². The highest BCUT2D eigenvalue weighted by Crippen LogP contribution is 2.30. The van der Waals surface area contributed by atoms with Crippen LogP contribution in [0.25, 0.3) is 32.8 Å². The molecule has 1 aliphatic rings. The summed E-state index contributed by atoms with van der Waals surface area (Å²) in [6.07, 6.45) is 3.64. The van der Waals surface area contributed by atoms with Crippen LogP contribution in [0.15, 0.2) is 48.7 Å². The second kappa shape index (κ2) is 7.42. The molecule has 7 nitrogen and oxygen atoms in total. The standard InChI is InChI=1S/C23H23N5O2/c1-30-17-7-10-28(11-8-17)23(29)21-19-13-16(4-5-20(19)26-27-21)15-3-2-14-6-9-25-22(24)18(14)12-15/h2-6,9,12-13,17H,7-8,10-11H2,1H3,(H2,24,25)(H,26,27). The molecule has 152 valence electrons. The van der Waals surface area contributed by atoms with Gasteiger partial charge in [0, 0.05) is 37.2 Å². The first kappa shape index (κ1) is 18.6. The molecular weight excluding hydrogens is 378 g/mol. The van der Waals surface area contributed by atoms with Crippen LogP contribution >= 0.6 is 0 Å². The third-order valence-electron chi connectivity index (χ3n) is 5.96. The minimum Gasteiger partial charge on any atom is -0.383 e. The summed E-state index contributed by atoms with van der Waals surface area (Å²) >= 11 is 0. The van der Waals surface area contributed by atoms with Crippen molar-refractivity contribution in [3.05, 3.63) is 54.4 Å². The van der Waals surface area contributed by atoms with E-state index in [-0.39, 0.29) is 12.0 Å². The Kier molecular flexibility index (Phi) is 4.59. The number of methoxy groups -OCH3 is 1. The van der Waals surface area contributed by atoms with Crippen molar-refractivity contribution >= 4 is 33.4 Å². The molecule has 7 heteroatoms. The van der Waals surface area contributed by atoms with E-state index in [9.17, 15) is 4.79 Å². The van der Waals surface area contributed by atoms with Gasteiger partial charge >= 0.3 is 0 Å². The predicted octanol–water partition coefficient (Wildman–Crippen LogP) is 3.61. The zero-order valence-corrected chi connectivity index (χ0v) is 16.8. The maximum absolute atomic E-state index is 13.1. The number of hydrogen-bond acceptors (Lipinski definition) is 5. The van der Waals surface area contributed by atoms with Crippen LogP contribution in [0.3, 0.4) is 0 Å². The number of nitrogens with zero attached hydrogens (tertiary/aromatic N) is 3. The molecule has 1 saturated heterocycles. The van der Waals surface area contributed by atoms with Crippen molar-refractivity contribution in [2.45, 2.75) is 18.9 Å². The largest absolute Gasteiger partial charge is 0.383 e. The Balaban J connectivity index is 1.50. The Labute approximate surface area is 173 Å². The number of aromatic nitrogens is 3. The van der Waals surface area contributed by atoms with Gasteiger partial charge in [0.25, 0.3) is 5.91 Å². The van der Waals surface area contributed by atoms with E-state index in [2.05, 4.69) is 21.2 Å². The first-order chi connectivity index (χ1) is 14.6. The summed E-state index contributed by atoms with van der Waals surface area (Å²) in [5, 5.41) is 10.1. The first-order valence-electron chi connectivity index (χ1n) is 10.1. The number of nitrogen functional groups attached to an aromatic ring is 1. The van der Waals surface area contributed by atoms with Crippen LogP contribution in [0.1, 0.15) is 23.3 Å². The predicted molar refractivity (Wildman–Crippen MR) is 117 cm³/mol. The third-order valence-corrected chi connectivity index (χ3v) is 5.96. The van der Waals surface area contributed by atoms with E-state index in [1.54, 1.807) is 13.3 Å². The fourth-order valence-electron chi connectivity index (χ4n) is 4.17. The van der Waals surface area contributed by atoms with Crippen LogP contribution in [0.4, 0.5) is 5.82 Å². The van der Waals surface area contributed by atoms with Crippen LogP contribution in [0.5, 0.6) is 0 Å². The smallest absolute Gasteiger partial charge is 0.274 e. The van der Waals surface area contributed by atoms with E-state index < -0.39 is 0 Å². The normalized spacial score (nSPS) is 15.2. The van der Waals surface area contributed by atoms with Crippen LogP contribution in [-0.4, -0.2) is 52.3 Å². The summed E-state index contributed by atoms with van der Waals surface area (Å²) in [5.74, 6) is 0.467. The molecule has 2 aromatic carbocycles. The molecule has 2 aromatic heterocycles. The number of hydrogen-bond donors (Lipinski definition) is 2. The topological polar surface area (TPSA) is 97.1 Å². The summed E-state index contributed by atoms with van der Waals surface area (Å²) in [6, 6.07) is 14.1.